The molecule has 3 nitrogen and oxygen atoms in total. The van der Waals surface area contributed by atoms with E-state index in [0.29, 0.717) is 5.54 Å². The van der Waals surface area contributed by atoms with Crippen molar-refractivity contribution in [3.8, 4) is 0 Å². The second kappa shape index (κ2) is 5.69. The Morgan fingerprint density at radius 2 is 2.24 bits per heavy atom. The Kier molecular flexibility index (Phi) is 4.24. The summed E-state index contributed by atoms with van der Waals surface area (Å²) in [5, 5.41) is 3.73. The lowest BCUT2D eigenvalue weighted by atomic mass is 9.92. The molecule has 17 heavy (non-hydrogen) atoms. The minimum Gasteiger partial charge on any atom is -0.468 e. The summed E-state index contributed by atoms with van der Waals surface area (Å²) in [5.41, 5.74) is 0.295. The van der Waals surface area contributed by atoms with Crippen molar-refractivity contribution in [1.82, 2.24) is 10.2 Å². The fraction of sp³-hybridized carbons (Fsp3) is 0.714. The van der Waals surface area contributed by atoms with Crippen LogP contribution in [0.5, 0.6) is 0 Å². The molecule has 1 fully saturated rings. The lowest BCUT2D eigenvalue weighted by Gasteiger charge is -2.35. The molecule has 0 unspecified atom stereocenters. The molecule has 1 aromatic heterocycles. The Labute approximate surface area is 104 Å². The van der Waals surface area contributed by atoms with Crippen molar-refractivity contribution in [3.63, 3.8) is 0 Å². The van der Waals surface area contributed by atoms with Gasteiger partial charge in [-0.25, -0.2) is 0 Å². The zero-order valence-electron chi connectivity index (χ0n) is 11.0. The van der Waals surface area contributed by atoms with Gasteiger partial charge >= 0.3 is 0 Å². The number of hydrogen-bond donors (Lipinski definition) is 1. The van der Waals surface area contributed by atoms with Gasteiger partial charge < -0.3 is 9.73 Å². The second-order valence-corrected chi connectivity index (χ2v) is 5.06. The first-order chi connectivity index (χ1) is 8.28. The van der Waals surface area contributed by atoms with Crippen LogP contribution in [0.2, 0.25) is 0 Å². The fourth-order valence-corrected chi connectivity index (χ4v) is 2.70. The van der Waals surface area contributed by atoms with Crippen molar-refractivity contribution >= 4 is 0 Å². The molecule has 3 heteroatoms. The first-order valence-corrected chi connectivity index (χ1v) is 6.78. The van der Waals surface area contributed by atoms with Crippen LogP contribution in [-0.2, 0) is 6.54 Å². The zero-order valence-corrected chi connectivity index (χ0v) is 11.0. The van der Waals surface area contributed by atoms with Crippen molar-refractivity contribution in [2.45, 2.75) is 45.2 Å². The molecule has 1 aromatic rings. The predicted octanol–water partition coefficient (Wildman–Crippen LogP) is 2.63. The first-order valence-electron chi connectivity index (χ1n) is 6.78. The van der Waals surface area contributed by atoms with Gasteiger partial charge in [0.05, 0.1) is 12.8 Å². The number of nitrogens with one attached hydrogen (secondary N) is 1. The van der Waals surface area contributed by atoms with Crippen LogP contribution in [0.4, 0.5) is 0 Å². The van der Waals surface area contributed by atoms with E-state index in [1.165, 1.54) is 19.3 Å². The van der Waals surface area contributed by atoms with Gasteiger partial charge in [-0.2, -0.15) is 0 Å². The van der Waals surface area contributed by atoms with Crippen LogP contribution < -0.4 is 5.32 Å². The summed E-state index contributed by atoms with van der Waals surface area (Å²) in [5.74, 6) is 1.08. The predicted molar refractivity (Wildman–Crippen MR) is 69.9 cm³/mol. The van der Waals surface area contributed by atoms with Crippen LogP contribution in [0.1, 0.15) is 38.9 Å². The zero-order chi connectivity index (χ0) is 12.1. The summed E-state index contributed by atoms with van der Waals surface area (Å²) in [4.78, 5) is 2.52. The topological polar surface area (TPSA) is 28.4 Å². The van der Waals surface area contributed by atoms with Gasteiger partial charge in [-0.05, 0) is 44.5 Å². The highest BCUT2D eigenvalue weighted by Crippen LogP contribution is 2.21. The number of furan rings is 1. The lowest BCUT2D eigenvalue weighted by Crippen LogP contribution is -2.50. The van der Waals surface area contributed by atoms with E-state index in [4.69, 9.17) is 4.42 Å². The van der Waals surface area contributed by atoms with E-state index in [-0.39, 0.29) is 0 Å². The Morgan fingerprint density at radius 3 is 2.88 bits per heavy atom. The first kappa shape index (κ1) is 12.7. The van der Waals surface area contributed by atoms with Gasteiger partial charge in [-0.3, -0.25) is 4.90 Å². The Morgan fingerprint density at radius 1 is 1.41 bits per heavy atom. The van der Waals surface area contributed by atoms with Crippen LogP contribution in [-0.4, -0.2) is 30.1 Å². The molecular formula is C14H24N2O. The van der Waals surface area contributed by atoms with E-state index in [9.17, 15) is 0 Å². The highest BCUT2D eigenvalue weighted by Gasteiger charge is 2.30. The summed E-state index contributed by atoms with van der Waals surface area (Å²) < 4.78 is 5.45. The molecule has 0 atom stereocenters. The maximum Gasteiger partial charge on any atom is 0.117 e. The maximum absolute atomic E-state index is 5.45. The molecule has 1 aliphatic heterocycles. The SMILES string of the molecule is CCC1(CC)CN(Cc2ccco2)CCCN1. The molecule has 2 heterocycles. The van der Waals surface area contributed by atoms with Gasteiger partial charge in [0.25, 0.3) is 0 Å². The van der Waals surface area contributed by atoms with Crippen molar-refractivity contribution < 1.29 is 4.42 Å². The third-order valence-electron chi connectivity index (χ3n) is 3.99. The van der Waals surface area contributed by atoms with E-state index >= 15 is 0 Å². The minimum absolute atomic E-state index is 0.295. The molecule has 0 spiro atoms. The average molecular weight is 236 g/mol. The third-order valence-corrected chi connectivity index (χ3v) is 3.99. The van der Waals surface area contributed by atoms with Gasteiger partial charge in [0.1, 0.15) is 5.76 Å². The van der Waals surface area contributed by atoms with E-state index in [0.717, 1.165) is 31.9 Å². The van der Waals surface area contributed by atoms with Crippen LogP contribution in [0.25, 0.3) is 0 Å². The number of rotatable bonds is 4. The quantitative estimate of drug-likeness (QED) is 0.871. The molecule has 1 aliphatic rings. The number of hydrogen-bond acceptors (Lipinski definition) is 3. The van der Waals surface area contributed by atoms with Gasteiger partial charge in [0.2, 0.25) is 0 Å². The monoisotopic (exact) mass is 236 g/mol. The molecule has 0 aliphatic carbocycles. The third kappa shape index (κ3) is 3.11. The molecule has 2 rings (SSSR count). The normalized spacial score (nSPS) is 21.3. The van der Waals surface area contributed by atoms with Crippen LogP contribution in [0.3, 0.4) is 0 Å². The van der Waals surface area contributed by atoms with Crippen molar-refractivity contribution in [3.05, 3.63) is 24.2 Å². The fourth-order valence-electron chi connectivity index (χ4n) is 2.70. The van der Waals surface area contributed by atoms with Crippen molar-refractivity contribution in [1.29, 1.82) is 0 Å². The molecule has 0 radical (unpaired) electrons. The van der Waals surface area contributed by atoms with Gasteiger partial charge in [-0.1, -0.05) is 13.8 Å². The molecule has 1 N–H and O–H groups in total. The Balaban J connectivity index is 2.01. The van der Waals surface area contributed by atoms with E-state index in [1.807, 2.05) is 6.07 Å². The maximum atomic E-state index is 5.45. The highest BCUT2D eigenvalue weighted by atomic mass is 16.3. The molecule has 1 saturated heterocycles. The van der Waals surface area contributed by atoms with Crippen LogP contribution in [0, 0.1) is 0 Å². The summed E-state index contributed by atoms with van der Waals surface area (Å²) in [6.07, 6.45) is 5.37. The van der Waals surface area contributed by atoms with E-state index in [1.54, 1.807) is 6.26 Å². The summed E-state index contributed by atoms with van der Waals surface area (Å²) in [6.45, 7) is 8.93. The van der Waals surface area contributed by atoms with Gasteiger partial charge in [0.15, 0.2) is 0 Å². The standard InChI is InChI=1S/C14H24N2O/c1-3-14(4-2)12-16(9-6-8-15-14)11-13-7-5-10-17-13/h5,7,10,15H,3-4,6,8-9,11-12H2,1-2H3. The van der Waals surface area contributed by atoms with Crippen molar-refractivity contribution in [2.75, 3.05) is 19.6 Å². The van der Waals surface area contributed by atoms with Gasteiger partial charge in [-0.15, -0.1) is 0 Å². The lowest BCUT2D eigenvalue weighted by molar-refractivity contribution is 0.181. The summed E-state index contributed by atoms with van der Waals surface area (Å²) in [6, 6.07) is 4.04. The largest absolute Gasteiger partial charge is 0.468 e. The minimum atomic E-state index is 0.295. The summed E-state index contributed by atoms with van der Waals surface area (Å²) >= 11 is 0. The molecular weight excluding hydrogens is 212 g/mol. The molecule has 0 amide bonds. The summed E-state index contributed by atoms with van der Waals surface area (Å²) in [7, 11) is 0. The van der Waals surface area contributed by atoms with E-state index in [2.05, 4.69) is 30.1 Å². The highest BCUT2D eigenvalue weighted by molar-refractivity contribution is 4.99. The smallest absolute Gasteiger partial charge is 0.117 e. The second-order valence-electron chi connectivity index (χ2n) is 5.06. The molecule has 96 valence electrons. The molecule has 0 bridgehead atoms. The number of nitrogens with zero attached hydrogens (tertiary/aromatic N) is 1. The van der Waals surface area contributed by atoms with Crippen molar-refractivity contribution in [2.24, 2.45) is 0 Å². The Hall–Kier alpha value is -0.800. The van der Waals surface area contributed by atoms with Crippen LogP contribution >= 0.6 is 0 Å². The average Bonchev–Trinajstić information content (AvgIpc) is 2.76. The molecule has 0 saturated carbocycles. The van der Waals surface area contributed by atoms with Crippen LogP contribution in [0.15, 0.2) is 22.8 Å². The Bertz CT molecular complexity index is 317. The molecule has 0 aromatic carbocycles. The van der Waals surface area contributed by atoms with E-state index < -0.39 is 0 Å². The van der Waals surface area contributed by atoms with Gasteiger partial charge in [0, 0.05) is 12.1 Å².